The molecule has 0 aliphatic carbocycles. The van der Waals surface area contributed by atoms with Crippen molar-refractivity contribution in [1.29, 1.82) is 0 Å². The van der Waals surface area contributed by atoms with Gasteiger partial charge in [0.1, 0.15) is 0 Å². The third-order valence-corrected chi connectivity index (χ3v) is 4.31. The lowest BCUT2D eigenvalue weighted by atomic mass is 9.82. The second-order valence-corrected chi connectivity index (χ2v) is 6.81. The van der Waals surface area contributed by atoms with Crippen molar-refractivity contribution in [3.05, 3.63) is 21.7 Å². The fraction of sp³-hybridized carbons (Fsp3) is 0.562. The molecule has 0 heterocycles. The van der Waals surface area contributed by atoms with Crippen LogP contribution in [0.3, 0.4) is 0 Å². The highest BCUT2D eigenvalue weighted by atomic mass is 79.9. The Balaban J connectivity index is 3.50. The minimum atomic E-state index is -0.845. The molecular formula is C16H23BrO4. The van der Waals surface area contributed by atoms with Crippen LogP contribution in [-0.2, 0) is 11.2 Å². The summed E-state index contributed by atoms with van der Waals surface area (Å²) in [6, 6.07) is 1.88. The largest absolute Gasteiger partial charge is 0.493 e. The van der Waals surface area contributed by atoms with Crippen LogP contribution in [0.15, 0.2) is 10.5 Å². The highest BCUT2D eigenvalue weighted by molar-refractivity contribution is 9.10. The zero-order chi connectivity index (χ0) is 16.4. The van der Waals surface area contributed by atoms with Crippen LogP contribution in [0.25, 0.3) is 0 Å². The van der Waals surface area contributed by atoms with Gasteiger partial charge in [0.2, 0.25) is 0 Å². The lowest BCUT2D eigenvalue weighted by Crippen LogP contribution is -2.27. The highest BCUT2D eigenvalue weighted by Crippen LogP contribution is 2.44. The van der Waals surface area contributed by atoms with Gasteiger partial charge in [0.25, 0.3) is 0 Å². The summed E-state index contributed by atoms with van der Waals surface area (Å²) in [6.45, 7) is 7.60. The van der Waals surface area contributed by atoms with Gasteiger partial charge in [-0.25, -0.2) is 0 Å². The van der Waals surface area contributed by atoms with Gasteiger partial charge in [-0.15, -0.1) is 0 Å². The van der Waals surface area contributed by atoms with E-state index in [-0.39, 0.29) is 5.92 Å². The van der Waals surface area contributed by atoms with Crippen LogP contribution in [-0.4, -0.2) is 25.3 Å². The number of hydrogen-bond acceptors (Lipinski definition) is 3. The van der Waals surface area contributed by atoms with E-state index >= 15 is 0 Å². The van der Waals surface area contributed by atoms with E-state index in [2.05, 4.69) is 29.8 Å². The highest BCUT2D eigenvalue weighted by Gasteiger charge is 2.30. The smallest absolute Gasteiger partial charge is 0.309 e. The van der Waals surface area contributed by atoms with Crippen molar-refractivity contribution in [2.75, 3.05) is 14.2 Å². The summed E-state index contributed by atoms with van der Waals surface area (Å²) in [5.74, 6) is 0.657. The van der Waals surface area contributed by atoms with Crippen LogP contribution < -0.4 is 9.47 Å². The predicted molar refractivity (Wildman–Crippen MR) is 86.5 cm³/mol. The van der Waals surface area contributed by atoms with Gasteiger partial charge in [-0.3, -0.25) is 4.79 Å². The Bertz CT molecular complexity index is 536. The maximum Gasteiger partial charge on any atom is 0.309 e. The molecule has 1 rings (SSSR count). The molecule has 0 atom stereocenters. The maximum absolute atomic E-state index is 11.4. The van der Waals surface area contributed by atoms with E-state index in [1.165, 1.54) is 0 Å². The van der Waals surface area contributed by atoms with Gasteiger partial charge in [-0.2, -0.15) is 0 Å². The first-order valence-electron chi connectivity index (χ1n) is 6.82. The number of aliphatic carboxylic acids is 1. The average molecular weight is 359 g/mol. The van der Waals surface area contributed by atoms with Gasteiger partial charge in [0.15, 0.2) is 11.5 Å². The number of carboxylic acid groups (broad SMARTS) is 1. The van der Waals surface area contributed by atoms with Crippen LogP contribution in [0.1, 0.15) is 44.7 Å². The molecule has 0 saturated carbocycles. The van der Waals surface area contributed by atoms with Crippen molar-refractivity contribution in [2.24, 2.45) is 5.41 Å². The molecule has 118 valence electrons. The Hall–Kier alpha value is -1.23. The molecule has 0 bridgehead atoms. The van der Waals surface area contributed by atoms with Gasteiger partial charge in [0.05, 0.1) is 24.1 Å². The average Bonchev–Trinajstić information content (AvgIpc) is 2.36. The third kappa shape index (κ3) is 3.70. The summed E-state index contributed by atoms with van der Waals surface area (Å²) in [5, 5.41) is 9.36. The number of carboxylic acids is 1. The summed E-state index contributed by atoms with van der Waals surface area (Å²) in [5.41, 5.74) is 1.17. The molecule has 4 nitrogen and oxygen atoms in total. The Kier molecular flexibility index (Phi) is 5.68. The minimum Gasteiger partial charge on any atom is -0.493 e. The van der Waals surface area contributed by atoms with E-state index in [1.807, 2.05) is 6.07 Å². The van der Waals surface area contributed by atoms with Crippen molar-refractivity contribution in [1.82, 2.24) is 0 Å². The van der Waals surface area contributed by atoms with Gasteiger partial charge in [-0.05, 0) is 59.3 Å². The third-order valence-electron chi connectivity index (χ3n) is 3.52. The maximum atomic E-state index is 11.4. The molecule has 1 aromatic rings. The topological polar surface area (TPSA) is 55.8 Å². The van der Waals surface area contributed by atoms with E-state index in [0.717, 1.165) is 15.6 Å². The fourth-order valence-electron chi connectivity index (χ4n) is 2.34. The number of hydrogen-bond donors (Lipinski definition) is 1. The summed E-state index contributed by atoms with van der Waals surface area (Å²) in [4.78, 5) is 11.4. The van der Waals surface area contributed by atoms with E-state index in [4.69, 9.17) is 9.47 Å². The van der Waals surface area contributed by atoms with E-state index in [1.54, 1.807) is 28.1 Å². The first-order chi connectivity index (χ1) is 9.65. The molecule has 0 aliphatic rings. The first kappa shape index (κ1) is 17.8. The Morgan fingerprint density at radius 2 is 1.90 bits per heavy atom. The van der Waals surface area contributed by atoms with E-state index in [0.29, 0.717) is 17.9 Å². The molecule has 5 heteroatoms. The molecule has 0 amide bonds. The van der Waals surface area contributed by atoms with E-state index in [9.17, 15) is 9.90 Å². The predicted octanol–water partition coefficient (Wildman–Crippen LogP) is 4.24. The Morgan fingerprint density at radius 3 is 2.29 bits per heavy atom. The van der Waals surface area contributed by atoms with Crippen molar-refractivity contribution in [3.8, 4) is 11.5 Å². The quantitative estimate of drug-likeness (QED) is 0.825. The molecule has 0 unspecified atom stereocenters. The monoisotopic (exact) mass is 358 g/mol. The van der Waals surface area contributed by atoms with Crippen molar-refractivity contribution in [2.45, 2.75) is 40.0 Å². The molecule has 0 radical (unpaired) electrons. The number of carbonyl (C=O) groups is 1. The fourth-order valence-corrected chi connectivity index (χ4v) is 3.41. The summed E-state index contributed by atoms with van der Waals surface area (Å²) >= 11 is 3.58. The van der Waals surface area contributed by atoms with Crippen LogP contribution in [0.5, 0.6) is 11.5 Å². The van der Waals surface area contributed by atoms with Crippen molar-refractivity contribution in [3.63, 3.8) is 0 Å². The number of methoxy groups -OCH3 is 2. The SMILES string of the molecule is COc1cc(CC(C)(C)C(=O)O)c(C(C)C)c(Br)c1OC. The van der Waals surface area contributed by atoms with Crippen LogP contribution in [0.2, 0.25) is 0 Å². The number of rotatable bonds is 6. The molecule has 1 aromatic carbocycles. The minimum absolute atomic E-state index is 0.235. The van der Waals surface area contributed by atoms with E-state index < -0.39 is 11.4 Å². The molecule has 0 fully saturated rings. The molecule has 0 spiro atoms. The molecule has 0 aromatic heterocycles. The molecule has 0 saturated heterocycles. The molecule has 1 N–H and O–H groups in total. The van der Waals surface area contributed by atoms with Crippen molar-refractivity contribution >= 4 is 21.9 Å². The Labute approximate surface area is 134 Å². The van der Waals surface area contributed by atoms with Gasteiger partial charge in [-0.1, -0.05) is 13.8 Å². The lowest BCUT2D eigenvalue weighted by molar-refractivity contribution is -0.146. The van der Waals surface area contributed by atoms with Crippen molar-refractivity contribution < 1.29 is 19.4 Å². The van der Waals surface area contributed by atoms with Gasteiger partial charge < -0.3 is 14.6 Å². The zero-order valence-electron chi connectivity index (χ0n) is 13.4. The Morgan fingerprint density at radius 1 is 1.33 bits per heavy atom. The summed E-state index contributed by atoms with van der Waals surface area (Å²) in [6.07, 6.45) is 0.425. The second kappa shape index (κ2) is 6.69. The molecule has 0 aliphatic heterocycles. The zero-order valence-corrected chi connectivity index (χ0v) is 15.0. The summed E-state index contributed by atoms with van der Waals surface area (Å²) in [7, 11) is 3.17. The number of benzene rings is 1. The van der Waals surface area contributed by atoms with Crippen LogP contribution in [0, 0.1) is 5.41 Å². The van der Waals surface area contributed by atoms with Gasteiger partial charge >= 0.3 is 5.97 Å². The number of ether oxygens (including phenoxy) is 2. The molecular weight excluding hydrogens is 336 g/mol. The summed E-state index contributed by atoms with van der Waals surface area (Å²) < 4.78 is 11.6. The molecule has 21 heavy (non-hydrogen) atoms. The number of halogens is 1. The van der Waals surface area contributed by atoms with Crippen LogP contribution >= 0.6 is 15.9 Å². The first-order valence-corrected chi connectivity index (χ1v) is 7.61. The lowest BCUT2D eigenvalue weighted by Gasteiger charge is -2.25. The standard InChI is InChI=1S/C16H23BrO4/c1-9(2)12-10(8-16(3,4)15(18)19)7-11(20-5)14(21-6)13(12)17/h7,9H,8H2,1-6H3,(H,18,19). The normalized spacial score (nSPS) is 11.6. The van der Waals surface area contributed by atoms with Crippen LogP contribution in [0.4, 0.5) is 0 Å². The second-order valence-electron chi connectivity index (χ2n) is 6.02. The van der Waals surface area contributed by atoms with Gasteiger partial charge in [0, 0.05) is 0 Å².